The van der Waals surface area contributed by atoms with Crippen molar-refractivity contribution in [2.24, 2.45) is 0 Å². The van der Waals surface area contributed by atoms with Crippen molar-refractivity contribution in [1.82, 2.24) is 15.1 Å². The van der Waals surface area contributed by atoms with Crippen LogP contribution in [0.3, 0.4) is 0 Å². The number of aliphatic hydroxyl groups excluding tert-OH is 1. The number of fused-ring (bicyclic) bond motifs is 2. The number of alkyl halides is 3. The second kappa shape index (κ2) is 12.2. The van der Waals surface area contributed by atoms with Gasteiger partial charge < -0.3 is 25.3 Å². The molecule has 0 saturated carbocycles. The number of halogens is 3. The Labute approximate surface area is 256 Å². The van der Waals surface area contributed by atoms with E-state index >= 15 is 0 Å². The number of nitrogens with zero attached hydrogens (tertiary/aromatic N) is 2. The number of carbonyl (C=O) groups is 3. The van der Waals surface area contributed by atoms with E-state index in [1.807, 2.05) is 13.0 Å². The third kappa shape index (κ3) is 6.27. The molecule has 12 heteroatoms. The van der Waals surface area contributed by atoms with Crippen molar-refractivity contribution in [3.05, 3.63) is 101 Å². The van der Waals surface area contributed by atoms with E-state index in [1.165, 1.54) is 47.0 Å². The van der Waals surface area contributed by atoms with Crippen molar-refractivity contribution in [2.45, 2.75) is 62.5 Å². The Kier molecular flexibility index (Phi) is 8.68. The van der Waals surface area contributed by atoms with Crippen molar-refractivity contribution in [1.29, 1.82) is 0 Å². The first-order valence-corrected chi connectivity index (χ1v) is 15.0. The van der Waals surface area contributed by atoms with E-state index in [1.54, 1.807) is 36.1 Å². The molecule has 0 aliphatic carbocycles. The van der Waals surface area contributed by atoms with E-state index in [9.17, 15) is 37.8 Å². The second-order valence-corrected chi connectivity index (χ2v) is 12.7. The van der Waals surface area contributed by atoms with Crippen LogP contribution in [0.1, 0.15) is 46.0 Å². The average Bonchev–Trinajstić information content (AvgIpc) is 3.18. The number of rotatable bonds is 8. The molecule has 0 aromatic heterocycles. The topological polar surface area (TPSA) is 110 Å². The van der Waals surface area contributed by atoms with Gasteiger partial charge in [-0.3, -0.25) is 14.4 Å². The molecule has 2 bridgehead atoms. The zero-order valence-electron chi connectivity index (χ0n) is 24.0. The summed E-state index contributed by atoms with van der Waals surface area (Å²) in [6.07, 6.45) is -5.78. The highest BCUT2D eigenvalue weighted by molar-refractivity contribution is 8.00. The average molecular weight is 628 g/mol. The van der Waals surface area contributed by atoms with Gasteiger partial charge in [-0.05, 0) is 55.7 Å². The van der Waals surface area contributed by atoms with Crippen molar-refractivity contribution < 1.29 is 37.8 Å². The maximum absolute atomic E-state index is 13.8. The van der Waals surface area contributed by atoms with E-state index in [2.05, 4.69) is 5.32 Å². The van der Waals surface area contributed by atoms with Crippen LogP contribution in [0.4, 0.5) is 13.2 Å². The summed E-state index contributed by atoms with van der Waals surface area (Å²) in [6, 6.07) is 16.2. The van der Waals surface area contributed by atoms with Crippen LogP contribution >= 0.6 is 11.8 Å². The highest BCUT2D eigenvalue weighted by atomic mass is 32.2. The first kappa shape index (κ1) is 31.4. The van der Waals surface area contributed by atoms with E-state index in [4.69, 9.17) is 0 Å². The molecule has 44 heavy (non-hydrogen) atoms. The SMILES string of the molecule is Cc1c(O)cccc1C(=O)N[C@@H](Cc1ccccc1)[C@H](O)C(=O)N1CSC2(C)C[C@H]1C(=O)N2Cc1ccc(C(F)(F)F)cc1. The largest absolute Gasteiger partial charge is 0.508 e. The zero-order valence-corrected chi connectivity index (χ0v) is 24.9. The number of likely N-dealkylation sites (tertiary alicyclic amines) is 1. The van der Waals surface area contributed by atoms with Crippen molar-refractivity contribution in [3.63, 3.8) is 0 Å². The third-order valence-corrected chi connectivity index (χ3v) is 9.71. The zero-order chi connectivity index (χ0) is 31.8. The molecule has 8 nitrogen and oxygen atoms in total. The van der Waals surface area contributed by atoms with Crippen LogP contribution in [0.15, 0.2) is 72.8 Å². The standard InChI is InChI=1S/C32H32F3N3O5S/c1-19-23(9-6-10-26(19)39)28(41)36-24(15-20-7-4-3-5-8-20)27(40)30(43)37-18-44-31(2)16-25(37)29(42)38(31)17-21-11-13-22(14-12-21)32(33,34)35/h3-14,24-25,27,39-40H,15-18H2,1-2H3,(H,36,41)/t24-,25-,27-,31?/m0/s1. The van der Waals surface area contributed by atoms with E-state index in [0.29, 0.717) is 11.1 Å². The summed E-state index contributed by atoms with van der Waals surface area (Å²) in [5.74, 6) is -1.63. The molecule has 1 unspecified atom stereocenters. The Morgan fingerprint density at radius 1 is 1.05 bits per heavy atom. The lowest BCUT2D eigenvalue weighted by Crippen LogP contribution is -2.56. The molecule has 2 fully saturated rings. The molecule has 2 aliphatic rings. The van der Waals surface area contributed by atoms with E-state index < -0.39 is 46.6 Å². The Morgan fingerprint density at radius 2 is 1.73 bits per heavy atom. The molecule has 3 N–H and O–H groups in total. The fourth-order valence-corrected chi connectivity index (χ4v) is 6.97. The van der Waals surface area contributed by atoms with E-state index in [0.717, 1.165) is 17.7 Å². The predicted molar refractivity (Wildman–Crippen MR) is 158 cm³/mol. The van der Waals surface area contributed by atoms with Crippen LogP contribution < -0.4 is 5.32 Å². The number of thioether (sulfide) groups is 1. The van der Waals surface area contributed by atoms with Gasteiger partial charge in [0.25, 0.3) is 11.8 Å². The molecule has 2 heterocycles. The second-order valence-electron chi connectivity index (χ2n) is 11.3. The van der Waals surface area contributed by atoms with Gasteiger partial charge in [0.15, 0.2) is 6.10 Å². The van der Waals surface area contributed by atoms with Gasteiger partial charge in [0.2, 0.25) is 5.91 Å². The molecule has 3 aromatic rings. The summed E-state index contributed by atoms with van der Waals surface area (Å²) in [6.45, 7) is 3.51. The number of benzene rings is 3. The van der Waals surface area contributed by atoms with Crippen molar-refractivity contribution in [3.8, 4) is 5.75 Å². The first-order chi connectivity index (χ1) is 20.8. The minimum Gasteiger partial charge on any atom is -0.508 e. The highest BCUT2D eigenvalue weighted by Gasteiger charge is 2.55. The van der Waals surface area contributed by atoms with Gasteiger partial charge in [-0.1, -0.05) is 48.5 Å². The van der Waals surface area contributed by atoms with Crippen LogP contribution in [0.2, 0.25) is 0 Å². The van der Waals surface area contributed by atoms with Gasteiger partial charge in [0, 0.05) is 24.1 Å². The number of phenolic OH excluding ortho intramolecular Hbond substituents is 1. The number of hydrogen-bond acceptors (Lipinski definition) is 6. The summed E-state index contributed by atoms with van der Waals surface area (Å²) in [5, 5.41) is 24.2. The third-order valence-electron chi connectivity index (χ3n) is 8.29. The number of nitrogens with one attached hydrogen (secondary N) is 1. The summed E-state index contributed by atoms with van der Waals surface area (Å²) >= 11 is 1.33. The summed E-state index contributed by atoms with van der Waals surface area (Å²) in [5.41, 5.74) is 1.04. The fraction of sp³-hybridized carbons (Fsp3) is 0.344. The lowest BCUT2D eigenvalue weighted by molar-refractivity contribution is -0.147. The number of carbonyl (C=O) groups excluding carboxylic acids is 3. The highest BCUT2D eigenvalue weighted by Crippen LogP contribution is 2.47. The summed E-state index contributed by atoms with van der Waals surface area (Å²) < 4.78 is 39.1. The molecule has 0 radical (unpaired) electrons. The van der Waals surface area contributed by atoms with Crippen LogP contribution in [0.5, 0.6) is 5.75 Å². The number of amides is 3. The molecule has 2 saturated heterocycles. The molecular formula is C32H32F3N3O5S. The number of aromatic hydroxyl groups is 1. The fourth-order valence-electron chi connectivity index (χ4n) is 5.66. The maximum atomic E-state index is 13.8. The van der Waals surface area contributed by atoms with Gasteiger partial charge in [0.05, 0.1) is 22.4 Å². The Bertz CT molecular complexity index is 1550. The van der Waals surface area contributed by atoms with Crippen molar-refractivity contribution >= 4 is 29.5 Å². The molecule has 0 spiro atoms. The number of aliphatic hydroxyl groups is 1. The van der Waals surface area contributed by atoms with Crippen LogP contribution in [0.25, 0.3) is 0 Å². The van der Waals surface area contributed by atoms with Gasteiger partial charge in [-0.15, -0.1) is 11.8 Å². The minimum atomic E-state index is -4.47. The van der Waals surface area contributed by atoms with Crippen LogP contribution in [0, 0.1) is 6.92 Å². The minimum absolute atomic E-state index is 0.0668. The number of hydrogen-bond donors (Lipinski definition) is 3. The quantitative estimate of drug-likeness (QED) is 0.340. The summed E-state index contributed by atoms with van der Waals surface area (Å²) in [7, 11) is 0. The predicted octanol–water partition coefficient (Wildman–Crippen LogP) is 4.47. The first-order valence-electron chi connectivity index (χ1n) is 14.0. The van der Waals surface area contributed by atoms with Gasteiger partial charge in [0.1, 0.15) is 11.8 Å². The monoisotopic (exact) mass is 627 g/mol. The number of phenols is 1. The van der Waals surface area contributed by atoms with Crippen LogP contribution in [-0.2, 0) is 28.7 Å². The molecular weight excluding hydrogens is 595 g/mol. The Morgan fingerprint density at radius 3 is 2.39 bits per heavy atom. The van der Waals surface area contributed by atoms with E-state index in [-0.39, 0.29) is 42.5 Å². The lowest BCUT2D eigenvalue weighted by Gasteiger charge is -2.39. The van der Waals surface area contributed by atoms with Gasteiger partial charge >= 0.3 is 6.18 Å². The molecule has 232 valence electrons. The van der Waals surface area contributed by atoms with Crippen LogP contribution in [-0.4, -0.2) is 66.7 Å². The molecule has 2 aliphatic heterocycles. The maximum Gasteiger partial charge on any atom is 0.416 e. The Balaban J connectivity index is 1.34. The van der Waals surface area contributed by atoms with Gasteiger partial charge in [-0.25, -0.2) is 0 Å². The molecule has 4 atom stereocenters. The Hall–Kier alpha value is -4.03. The van der Waals surface area contributed by atoms with Crippen molar-refractivity contribution in [2.75, 3.05) is 5.88 Å². The molecule has 3 aromatic carbocycles. The molecule has 5 rings (SSSR count). The molecule has 3 amide bonds. The normalized spacial score (nSPS) is 21.2. The van der Waals surface area contributed by atoms with Gasteiger partial charge in [-0.2, -0.15) is 13.2 Å². The smallest absolute Gasteiger partial charge is 0.416 e. The lowest BCUT2D eigenvalue weighted by atomic mass is 9.98. The summed E-state index contributed by atoms with van der Waals surface area (Å²) in [4.78, 5) is 42.8.